The molecular formula is C14H21NO2. The average molecular weight is 235 g/mol. The van der Waals surface area contributed by atoms with Gasteiger partial charge in [0.15, 0.2) is 0 Å². The molecule has 3 nitrogen and oxygen atoms in total. The first-order chi connectivity index (χ1) is 8.02. The lowest BCUT2D eigenvalue weighted by atomic mass is 10.0. The smallest absolute Gasteiger partial charge is 0.303 e. The molecule has 3 heteroatoms. The Balaban J connectivity index is 2.75. The third kappa shape index (κ3) is 4.57. The van der Waals surface area contributed by atoms with E-state index in [9.17, 15) is 4.79 Å². The van der Waals surface area contributed by atoms with E-state index in [1.807, 2.05) is 6.07 Å². The summed E-state index contributed by atoms with van der Waals surface area (Å²) >= 11 is 0. The normalized spacial score (nSPS) is 10.8. The van der Waals surface area contributed by atoms with Crippen LogP contribution in [0.5, 0.6) is 0 Å². The van der Waals surface area contributed by atoms with E-state index in [1.54, 1.807) is 0 Å². The zero-order chi connectivity index (χ0) is 12.8. The number of nitrogens with zero attached hydrogens (tertiary/aromatic N) is 1. The molecule has 0 atom stereocenters. The minimum absolute atomic E-state index is 0.201. The van der Waals surface area contributed by atoms with E-state index in [2.05, 4.69) is 37.9 Å². The molecule has 0 unspecified atom stereocenters. The van der Waals surface area contributed by atoms with Gasteiger partial charge in [-0.2, -0.15) is 0 Å². The van der Waals surface area contributed by atoms with Crippen LogP contribution in [0.2, 0.25) is 0 Å². The highest BCUT2D eigenvalue weighted by Gasteiger charge is 2.05. The van der Waals surface area contributed by atoms with Crippen molar-refractivity contribution in [3.63, 3.8) is 0 Å². The minimum atomic E-state index is -0.738. The Morgan fingerprint density at radius 2 is 2.12 bits per heavy atom. The van der Waals surface area contributed by atoms with E-state index < -0.39 is 5.97 Å². The SMILES string of the molecule is CCN(C)Cc1cc(CCC(=O)O)ccc1C. The first-order valence-electron chi connectivity index (χ1n) is 6.01. The van der Waals surface area contributed by atoms with Crippen molar-refractivity contribution < 1.29 is 9.90 Å². The highest BCUT2D eigenvalue weighted by Crippen LogP contribution is 2.14. The van der Waals surface area contributed by atoms with Gasteiger partial charge in [-0.15, -0.1) is 0 Å². The summed E-state index contributed by atoms with van der Waals surface area (Å²) in [5, 5.41) is 8.67. The Bertz CT molecular complexity index is 388. The van der Waals surface area contributed by atoms with Crippen molar-refractivity contribution in [1.29, 1.82) is 0 Å². The monoisotopic (exact) mass is 235 g/mol. The van der Waals surface area contributed by atoms with Crippen LogP contribution in [0.3, 0.4) is 0 Å². The third-order valence-electron chi connectivity index (χ3n) is 3.02. The van der Waals surface area contributed by atoms with Crippen molar-refractivity contribution in [3.05, 3.63) is 34.9 Å². The van der Waals surface area contributed by atoms with E-state index >= 15 is 0 Å². The Hall–Kier alpha value is -1.35. The topological polar surface area (TPSA) is 40.5 Å². The molecule has 0 heterocycles. The minimum Gasteiger partial charge on any atom is -0.481 e. The van der Waals surface area contributed by atoms with Crippen LogP contribution < -0.4 is 0 Å². The zero-order valence-electron chi connectivity index (χ0n) is 10.9. The second-order valence-corrected chi connectivity index (χ2v) is 4.48. The average Bonchev–Trinajstić information content (AvgIpc) is 2.29. The van der Waals surface area contributed by atoms with Crippen molar-refractivity contribution in [3.8, 4) is 0 Å². The van der Waals surface area contributed by atoms with Crippen LogP contribution in [-0.4, -0.2) is 29.6 Å². The first kappa shape index (κ1) is 13.7. The standard InChI is InChI=1S/C14H21NO2/c1-4-15(3)10-13-9-12(6-5-11(13)2)7-8-14(16)17/h5-6,9H,4,7-8,10H2,1-3H3,(H,16,17). The summed E-state index contributed by atoms with van der Waals surface area (Å²) < 4.78 is 0. The van der Waals surface area contributed by atoms with Gasteiger partial charge in [0.2, 0.25) is 0 Å². The summed E-state index contributed by atoms with van der Waals surface area (Å²) in [4.78, 5) is 12.8. The molecule has 0 saturated heterocycles. The van der Waals surface area contributed by atoms with Crippen LogP contribution in [-0.2, 0) is 17.8 Å². The van der Waals surface area contributed by atoms with Crippen LogP contribution in [0.1, 0.15) is 30.0 Å². The molecule has 94 valence electrons. The quantitative estimate of drug-likeness (QED) is 0.823. The molecule has 0 fully saturated rings. The van der Waals surface area contributed by atoms with Gasteiger partial charge >= 0.3 is 5.97 Å². The molecule has 0 aliphatic rings. The Morgan fingerprint density at radius 3 is 2.71 bits per heavy atom. The lowest BCUT2D eigenvalue weighted by Crippen LogP contribution is -2.17. The van der Waals surface area contributed by atoms with Crippen molar-refractivity contribution in [1.82, 2.24) is 4.90 Å². The molecule has 0 aliphatic carbocycles. The maximum atomic E-state index is 10.5. The maximum Gasteiger partial charge on any atom is 0.303 e. The summed E-state index contributed by atoms with van der Waals surface area (Å²) in [5.41, 5.74) is 3.67. The largest absolute Gasteiger partial charge is 0.481 e. The molecule has 0 radical (unpaired) electrons. The number of aryl methyl sites for hydroxylation is 2. The molecule has 0 spiro atoms. The summed E-state index contributed by atoms with van der Waals surface area (Å²) in [7, 11) is 2.09. The van der Waals surface area contributed by atoms with Gasteiger partial charge < -0.3 is 10.0 Å². The van der Waals surface area contributed by atoms with E-state index in [-0.39, 0.29) is 6.42 Å². The Morgan fingerprint density at radius 1 is 1.41 bits per heavy atom. The number of rotatable bonds is 6. The number of carboxylic acid groups (broad SMARTS) is 1. The Labute approximate surface area is 103 Å². The molecule has 0 amide bonds. The van der Waals surface area contributed by atoms with Gasteiger partial charge in [-0.25, -0.2) is 0 Å². The van der Waals surface area contributed by atoms with E-state index in [1.165, 1.54) is 11.1 Å². The summed E-state index contributed by atoms with van der Waals surface area (Å²) in [6.45, 7) is 6.16. The first-order valence-corrected chi connectivity index (χ1v) is 6.01. The number of carbonyl (C=O) groups is 1. The Kier molecular flexibility index (Phi) is 5.16. The summed E-state index contributed by atoms with van der Waals surface area (Å²) in [6.07, 6.45) is 0.810. The second-order valence-electron chi connectivity index (χ2n) is 4.48. The van der Waals surface area contributed by atoms with Gasteiger partial charge in [-0.3, -0.25) is 4.79 Å². The molecule has 0 saturated carbocycles. The molecular weight excluding hydrogens is 214 g/mol. The van der Waals surface area contributed by atoms with Crippen LogP contribution >= 0.6 is 0 Å². The van der Waals surface area contributed by atoms with Gasteiger partial charge in [-0.05, 0) is 43.6 Å². The molecule has 0 aromatic heterocycles. The van der Waals surface area contributed by atoms with Crippen LogP contribution in [0.15, 0.2) is 18.2 Å². The zero-order valence-corrected chi connectivity index (χ0v) is 10.9. The van der Waals surface area contributed by atoms with Crippen molar-refractivity contribution >= 4 is 5.97 Å². The number of benzene rings is 1. The van der Waals surface area contributed by atoms with Gasteiger partial charge in [-0.1, -0.05) is 25.1 Å². The van der Waals surface area contributed by atoms with Gasteiger partial charge in [0, 0.05) is 13.0 Å². The fourth-order valence-corrected chi connectivity index (χ4v) is 1.70. The van der Waals surface area contributed by atoms with Gasteiger partial charge in [0.05, 0.1) is 0 Å². The lowest BCUT2D eigenvalue weighted by molar-refractivity contribution is -0.136. The van der Waals surface area contributed by atoms with Crippen LogP contribution in [0, 0.1) is 6.92 Å². The van der Waals surface area contributed by atoms with Crippen molar-refractivity contribution in [2.45, 2.75) is 33.2 Å². The van der Waals surface area contributed by atoms with E-state index in [0.29, 0.717) is 6.42 Å². The van der Waals surface area contributed by atoms with E-state index in [0.717, 1.165) is 18.7 Å². The molecule has 0 aliphatic heterocycles. The third-order valence-corrected chi connectivity index (χ3v) is 3.02. The fraction of sp³-hybridized carbons (Fsp3) is 0.500. The second kappa shape index (κ2) is 6.40. The number of hydrogen-bond acceptors (Lipinski definition) is 2. The number of carboxylic acids is 1. The highest BCUT2D eigenvalue weighted by molar-refractivity contribution is 5.67. The van der Waals surface area contributed by atoms with Crippen LogP contribution in [0.25, 0.3) is 0 Å². The predicted octanol–water partition coefficient (Wildman–Crippen LogP) is 2.46. The van der Waals surface area contributed by atoms with Crippen molar-refractivity contribution in [2.24, 2.45) is 0 Å². The van der Waals surface area contributed by atoms with Crippen molar-refractivity contribution in [2.75, 3.05) is 13.6 Å². The predicted molar refractivity (Wildman–Crippen MR) is 69.1 cm³/mol. The molecule has 17 heavy (non-hydrogen) atoms. The fourth-order valence-electron chi connectivity index (χ4n) is 1.70. The number of aliphatic carboxylic acids is 1. The number of hydrogen-bond donors (Lipinski definition) is 1. The van der Waals surface area contributed by atoms with Gasteiger partial charge in [0.25, 0.3) is 0 Å². The lowest BCUT2D eigenvalue weighted by Gasteiger charge is -2.16. The van der Waals surface area contributed by atoms with Gasteiger partial charge in [0.1, 0.15) is 0 Å². The molecule has 0 bridgehead atoms. The summed E-state index contributed by atoms with van der Waals surface area (Å²) in [6, 6.07) is 6.23. The molecule has 1 aromatic carbocycles. The molecule has 1 N–H and O–H groups in total. The van der Waals surface area contributed by atoms with Crippen LogP contribution in [0.4, 0.5) is 0 Å². The van der Waals surface area contributed by atoms with E-state index in [4.69, 9.17) is 5.11 Å². The highest BCUT2D eigenvalue weighted by atomic mass is 16.4. The molecule has 1 rings (SSSR count). The summed E-state index contributed by atoms with van der Waals surface area (Å²) in [5.74, 6) is -0.738. The molecule has 1 aromatic rings. The maximum absolute atomic E-state index is 10.5.